The summed E-state index contributed by atoms with van der Waals surface area (Å²) < 4.78 is 15.7. The Morgan fingerprint density at radius 3 is 2.04 bits per heavy atom. The van der Waals surface area contributed by atoms with Crippen LogP contribution in [0.1, 0.15) is 5.56 Å². The lowest BCUT2D eigenvalue weighted by atomic mass is 10.2. The number of aromatic nitrogens is 1. The van der Waals surface area contributed by atoms with Crippen molar-refractivity contribution >= 4 is 44.1 Å². The number of thiazole rings is 1. The molecule has 0 bridgehead atoms. The second kappa shape index (κ2) is 6.29. The highest BCUT2D eigenvalue weighted by molar-refractivity contribution is 7.89. The van der Waals surface area contributed by atoms with Crippen LogP contribution in [0.3, 0.4) is 0 Å². The molecule has 0 unspecified atom stereocenters. The van der Waals surface area contributed by atoms with E-state index in [1.54, 1.807) is 12.1 Å². The van der Waals surface area contributed by atoms with E-state index in [-0.39, 0.29) is 0 Å². The van der Waals surface area contributed by atoms with Gasteiger partial charge in [0.25, 0.3) is 0 Å². The molecular formula is C20H13N2OPS. The Bertz CT molecular complexity index is 1090. The lowest BCUT2D eigenvalue weighted by Crippen LogP contribution is -2.24. The second-order valence-electron chi connectivity index (χ2n) is 5.57. The SMILES string of the molecule is N#Cc1ccc2nc(P(=O)(c3ccccc3)c3ccccc3)sc2c1. The first-order valence-electron chi connectivity index (χ1n) is 7.74. The van der Waals surface area contributed by atoms with Crippen molar-refractivity contribution in [1.82, 2.24) is 4.98 Å². The standard InChI is InChI=1S/C20H13N2OPS/c21-14-15-11-12-18-19(13-15)25-20(22-18)24(23,16-7-3-1-4-8-16)17-9-5-2-6-10-17/h1-13H. The van der Waals surface area contributed by atoms with Gasteiger partial charge < -0.3 is 4.57 Å². The normalized spacial score (nSPS) is 11.3. The summed E-state index contributed by atoms with van der Waals surface area (Å²) in [5, 5.41) is 10.6. The van der Waals surface area contributed by atoms with Crippen LogP contribution in [0.15, 0.2) is 78.9 Å². The van der Waals surface area contributed by atoms with Crippen LogP contribution in [0.2, 0.25) is 0 Å². The van der Waals surface area contributed by atoms with Crippen molar-refractivity contribution < 1.29 is 4.57 Å². The fourth-order valence-corrected chi connectivity index (χ4v) is 7.12. The van der Waals surface area contributed by atoms with Gasteiger partial charge in [-0.2, -0.15) is 5.26 Å². The molecular weight excluding hydrogens is 347 g/mol. The van der Waals surface area contributed by atoms with E-state index >= 15 is 0 Å². The van der Waals surface area contributed by atoms with Gasteiger partial charge in [-0.25, -0.2) is 4.98 Å². The molecule has 1 heterocycles. The summed E-state index contributed by atoms with van der Waals surface area (Å²) in [5.41, 5.74) is 1.35. The summed E-state index contributed by atoms with van der Waals surface area (Å²) >= 11 is 1.40. The third-order valence-corrected chi connectivity index (χ3v) is 8.57. The molecule has 1 aromatic heterocycles. The average molecular weight is 360 g/mol. The lowest BCUT2D eigenvalue weighted by Gasteiger charge is -2.16. The van der Waals surface area contributed by atoms with Crippen molar-refractivity contribution in [2.75, 3.05) is 0 Å². The summed E-state index contributed by atoms with van der Waals surface area (Å²) in [7, 11) is -3.05. The molecule has 25 heavy (non-hydrogen) atoms. The van der Waals surface area contributed by atoms with Crippen LogP contribution < -0.4 is 15.4 Å². The summed E-state index contributed by atoms with van der Waals surface area (Å²) in [5.74, 6) is 0. The predicted octanol–water partition coefficient (Wildman–Crippen LogP) is 3.81. The van der Waals surface area contributed by atoms with Crippen LogP contribution in [0.5, 0.6) is 0 Å². The molecule has 0 amide bonds. The van der Waals surface area contributed by atoms with Gasteiger partial charge in [0, 0.05) is 10.6 Å². The van der Waals surface area contributed by atoms with E-state index in [4.69, 9.17) is 5.26 Å². The number of hydrogen-bond donors (Lipinski definition) is 0. The quantitative estimate of drug-likeness (QED) is 0.522. The van der Waals surface area contributed by atoms with Gasteiger partial charge in [-0.1, -0.05) is 60.7 Å². The van der Waals surface area contributed by atoms with E-state index in [0.717, 1.165) is 20.8 Å². The lowest BCUT2D eigenvalue weighted by molar-refractivity contribution is 0.592. The van der Waals surface area contributed by atoms with Crippen molar-refractivity contribution in [3.63, 3.8) is 0 Å². The third kappa shape index (κ3) is 2.68. The minimum atomic E-state index is -3.05. The summed E-state index contributed by atoms with van der Waals surface area (Å²) in [6.07, 6.45) is 0. The zero-order chi connectivity index (χ0) is 17.3. The Labute approximate surface area is 149 Å². The Morgan fingerprint density at radius 1 is 0.880 bits per heavy atom. The van der Waals surface area contributed by atoms with Crippen molar-refractivity contribution in [3.05, 3.63) is 84.4 Å². The van der Waals surface area contributed by atoms with E-state index in [1.807, 2.05) is 66.7 Å². The van der Waals surface area contributed by atoms with Gasteiger partial charge in [-0.15, -0.1) is 11.3 Å². The predicted molar refractivity (Wildman–Crippen MR) is 104 cm³/mol. The molecule has 0 radical (unpaired) electrons. The first kappa shape index (κ1) is 15.8. The number of benzene rings is 3. The van der Waals surface area contributed by atoms with Gasteiger partial charge in [-0.3, -0.25) is 0 Å². The van der Waals surface area contributed by atoms with E-state index in [1.165, 1.54) is 11.3 Å². The molecule has 0 saturated heterocycles. The van der Waals surface area contributed by atoms with Crippen LogP contribution in [0.4, 0.5) is 0 Å². The molecule has 0 atom stereocenters. The molecule has 3 nitrogen and oxygen atoms in total. The fourth-order valence-electron chi connectivity index (χ4n) is 2.76. The van der Waals surface area contributed by atoms with E-state index in [0.29, 0.717) is 10.3 Å². The number of nitrogens with zero attached hydrogens (tertiary/aromatic N) is 2. The number of hydrogen-bond acceptors (Lipinski definition) is 4. The number of nitriles is 1. The number of rotatable bonds is 3. The monoisotopic (exact) mass is 360 g/mol. The summed E-state index contributed by atoms with van der Waals surface area (Å²) in [6.45, 7) is 0. The van der Waals surface area contributed by atoms with Gasteiger partial charge in [0.2, 0.25) is 0 Å². The molecule has 0 aliphatic heterocycles. The maximum atomic E-state index is 14.2. The fraction of sp³-hybridized carbons (Fsp3) is 0. The highest BCUT2D eigenvalue weighted by Crippen LogP contribution is 2.44. The first-order chi connectivity index (χ1) is 12.2. The largest absolute Gasteiger partial charge is 0.306 e. The van der Waals surface area contributed by atoms with Crippen LogP contribution in [-0.2, 0) is 4.57 Å². The molecule has 0 saturated carbocycles. The molecule has 0 aliphatic carbocycles. The Morgan fingerprint density at radius 2 is 1.48 bits per heavy atom. The van der Waals surface area contributed by atoms with Gasteiger partial charge in [-0.05, 0) is 18.2 Å². The van der Waals surface area contributed by atoms with Crippen molar-refractivity contribution in [3.8, 4) is 6.07 Å². The van der Waals surface area contributed by atoms with Crippen LogP contribution in [0, 0.1) is 11.3 Å². The molecule has 0 spiro atoms. The molecule has 4 aromatic rings. The minimum Gasteiger partial charge on any atom is -0.306 e. The highest BCUT2D eigenvalue weighted by atomic mass is 32.1. The molecule has 4 rings (SSSR count). The summed E-state index contributed by atoms with van der Waals surface area (Å²) in [6, 6.07) is 26.5. The van der Waals surface area contributed by atoms with Crippen molar-refractivity contribution in [2.45, 2.75) is 0 Å². The van der Waals surface area contributed by atoms with Crippen molar-refractivity contribution in [1.29, 1.82) is 5.26 Å². The minimum absolute atomic E-state index is 0.581. The van der Waals surface area contributed by atoms with Gasteiger partial charge in [0.15, 0.2) is 11.9 Å². The molecule has 0 fully saturated rings. The maximum absolute atomic E-state index is 14.2. The number of fused-ring (bicyclic) bond motifs is 1. The topological polar surface area (TPSA) is 53.8 Å². The van der Waals surface area contributed by atoms with Crippen LogP contribution in [0.25, 0.3) is 10.2 Å². The van der Waals surface area contributed by atoms with E-state index < -0.39 is 7.14 Å². The van der Waals surface area contributed by atoms with E-state index in [9.17, 15) is 4.57 Å². The van der Waals surface area contributed by atoms with Crippen LogP contribution >= 0.6 is 18.5 Å². The smallest absolute Gasteiger partial charge is 0.198 e. The Balaban J connectivity index is 1.99. The van der Waals surface area contributed by atoms with Crippen LogP contribution in [-0.4, -0.2) is 4.98 Å². The van der Waals surface area contributed by atoms with Gasteiger partial charge in [0.1, 0.15) is 0 Å². The van der Waals surface area contributed by atoms with Gasteiger partial charge in [0.05, 0.1) is 21.8 Å². The first-order valence-corrected chi connectivity index (χ1v) is 10.3. The maximum Gasteiger partial charge on any atom is 0.198 e. The van der Waals surface area contributed by atoms with E-state index in [2.05, 4.69) is 11.1 Å². The molecule has 120 valence electrons. The Kier molecular flexibility index (Phi) is 3.97. The van der Waals surface area contributed by atoms with Gasteiger partial charge >= 0.3 is 0 Å². The zero-order valence-corrected chi connectivity index (χ0v) is 14.9. The average Bonchev–Trinajstić information content (AvgIpc) is 3.12. The highest BCUT2D eigenvalue weighted by Gasteiger charge is 2.33. The second-order valence-corrected chi connectivity index (χ2v) is 9.58. The molecule has 0 N–H and O–H groups in total. The molecule has 3 aromatic carbocycles. The molecule has 5 heteroatoms. The van der Waals surface area contributed by atoms with Crippen molar-refractivity contribution in [2.24, 2.45) is 0 Å². The Hall–Kier alpha value is -2.73. The molecule has 0 aliphatic rings. The third-order valence-electron chi connectivity index (χ3n) is 4.02. The summed E-state index contributed by atoms with van der Waals surface area (Å²) in [4.78, 5) is 4.66. The zero-order valence-electron chi connectivity index (χ0n) is 13.2.